The Morgan fingerprint density at radius 1 is 1.17 bits per heavy atom. The Kier molecular flexibility index (Phi) is 6.82. The number of nitrogens with zero attached hydrogens (tertiary/aromatic N) is 5. The monoisotopic (exact) mass is 406 g/mol. The van der Waals surface area contributed by atoms with Crippen LogP contribution in [0.3, 0.4) is 0 Å². The van der Waals surface area contributed by atoms with Crippen molar-refractivity contribution in [1.82, 2.24) is 25.1 Å². The molecule has 1 amide bonds. The van der Waals surface area contributed by atoms with Crippen LogP contribution in [0.1, 0.15) is 41.8 Å². The molecule has 2 aromatic heterocycles. The first-order valence-electron chi connectivity index (χ1n) is 10.2. The molecule has 0 fully saturated rings. The highest BCUT2D eigenvalue weighted by Gasteiger charge is 2.16. The average Bonchev–Trinajstić information content (AvgIpc) is 3.04. The van der Waals surface area contributed by atoms with Gasteiger partial charge in [-0.05, 0) is 37.3 Å². The molecule has 0 spiro atoms. The van der Waals surface area contributed by atoms with E-state index in [2.05, 4.69) is 39.4 Å². The van der Waals surface area contributed by atoms with Crippen LogP contribution < -0.4 is 10.2 Å². The Labute approximate surface area is 178 Å². The smallest absolute Gasteiger partial charge is 0.220 e. The molecule has 1 N–H and O–H groups in total. The summed E-state index contributed by atoms with van der Waals surface area (Å²) in [5.74, 6) is 1.88. The average molecular weight is 407 g/mol. The van der Waals surface area contributed by atoms with E-state index in [9.17, 15) is 4.79 Å². The molecule has 0 radical (unpaired) electrons. The van der Waals surface area contributed by atoms with Gasteiger partial charge in [-0.15, -0.1) is 0 Å². The van der Waals surface area contributed by atoms with Crippen molar-refractivity contribution in [3.63, 3.8) is 0 Å². The molecule has 0 aliphatic carbocycles. The molecule has 30 heavy (non-hydrogen) atoms. The third-order valence-electron chi connectivity index (χ3n) is 5.33. The van der Waals surface area contributed by atoms with Crippen LogP contribution >= 0.6 is 0 Å². The number of hydrogen-bond donors (Lipinski definition) is 1. The second-order valence-corrected chi connectivity index (χ2v) is 7.81. The normalized spacial score (nSPS) is 11.9. The molecule has 1 atom stereocenters. The van der Waals surface area contributed by atoms with Crippen LogP contribution in [-0.4, -0.2) is 46.3 Å². The minimum absolute atomic E-state index is 0.0567. The van der Waals surface area contributed by atoms with Crippen molar-refractivity contribution in [3.8, 4) is 5.82 Å². The summed E-state index contributed by atoms with van der Waals surface area (Å²) >= 11 is 0. The molecule has 0 saturated carbocycles. The van der Waals surface area contributed by atoms with E-state index >= 15 is 0 Å². The topological polar surface area (TPSA) is 75.9 Å². The van der Waals surface area contributed by atoms with E-state index in [1.165, 1.54) is 5.56 Å². The van der Waals surface area contributed by atoms with E-state index in [1.54, 1.807) is 6.33 Å². The highest BCUT2D eigenvalue weighted by molar-refractivity contribution is 5.76. The fourth-order valence-corrected chi connectivity index (χ4v) is 3.45. The maximum absolute atomic E-state index is 12.4. The van der Waals surface area contributed by atoms with Crippen LogP contribution in [0.15, 0.2) is 42.7 Å². The van der Waals surface area contributed by atoms with E-state index < -0.39 is 0 Å². The molecule has 3 rings (SSSR count). The van der Waals surface area contributed by atoms with Gasteiger partial charge in [0.1, 0.15) is 12.1 Å². The molecule has 0 saturated heterocycles. The van der Waals surface area contributed by atoms with Crippen LogP contribution in [0.4, 0.5) is 5.82 Å². The number of nitrogens with one attached hydrogen (secondary N) is 1. The van der Waals surface area contributed by atoms with Crippen LogP contribution in [0.2, 0.25) is 0 Å². The first kappa shape index (κ1) is 21.5. The van der Waals surface area contributed by atoms with Gasteiger partial charge in [-0.2, -0.15) is 5.10 Å². The standard InChI is InChI=1S/C23H30N6O/c1-16(19-9-7-6-8-10-19)14-24-23(30)12-11-20-17(2)27-29(18(20)3)22-13-21(28(4)5)25-15-26-22/h6-10,13,15-16H,11-12,14H2,1-5H3,(H,24,30)/t16-/m1/s1. The fraction of sp³-hybridized carbons (Fsp3) is 0.391. The third-order valence-corrected chi connectivity index (χ3v) is 5.33. The van der Waals surface area contributed by atoms with Gasteiger partial charge >= 0.3 is 0 Å². The number of benzene rings is 1. The van der Waals surface area contributed by atoms with E-state index in [0.29, 0.717) is 19.4 Å². The summed E-state index contributed by atoms with van der Waals surface area (Å²) < 4.78 is 1.83. The molecule has 158 valence electrons. The van der Waals surface area contributed by atoms with Gasteiger partial charge in [0, 0.05) is 38.8 Å². The van der Waals surface area contributed by atoms with E-state index in [-0.39, 0.29) is 11.8 Å². The highest BCUT2D eigenvalue weighted by atomic mass is 16.1. The number of hydrogen-bond acceptors (Lipinski definition) is 5. The second kappa shape index (κ2) is 9.52. The zero-order chi connectivity index (χ0) is 21.7. The van der Waals surface area contributed by atoms with Gasteiger partial charge in [0.05, 0.1) is 5.69 Å². The SMILES string of the molecule is Cc1nn(-c2cc(N(C)C)ncn2)c(C)c1CCC(=O)NC[C@@H](C)c1ccccc1. The number of amides is 1. The molecule has 3 aromatic rings. The van der Waals surface area contributed by atoms with Gasteiger partial charge in [0.2, 0.25) is 5.91 Å². The molecule has 0 aliphatic heterocycles. The zero-order valence-corrected chi connectivity index (χ0v) is 18.4. The van der Waals surface area contributed by atoms with E-state index in [1.807, 2.05) is 61.8 Å². The number of carbonyl (C=O) groups excluding carboxylic acids is 1. The van der Waals surface area contributed by atoms with Crippen LogP contribution in [0, 0.1) is 13.8 Å². The van der Waals surface area contributed by atoms with Crippen molar-refractivity contribution in [2.75, 3.05) is 25.5 Å². The van der Waals surface area contributed by atoms with Gasteiger partial charge in [-0.1, -0.05) is 37.3 Å². The van der Waals surface area contributed by atoms with Gasteiger partial charge in [-0.3, -0.25) is 4.79 Å². The van der Waals surface area contributed by atoms with Gasteiger partial charge < -0.3 is 10.2 Å². The molecule has 0 bridgehead atoms. The Morgan fingerprint density at radius 3 is 2.60 bits per heavy atom. The van der Waals surface area contributed by atoms with Crippen molar-refractivity contribution < 1.29 is 4.79 Å². The van der Waals surface area contributed by atoms with Crippen LogP contribution in [0.25, 0.3) is 5.82 Å². The maximum atomic E-state index is 12.4. The van der Waals surface area contributed by atoms with Crippen molar-refractivity contribution in [2.24, 2.45) is 0 Å². The number of aromatic nitrogens is 4. The Morgan fingerprint density at radius 2 is 1.90 bits per heavy atom. The Balaban J connectivity index is 1.62. The Hall–Kier alpha value is -3.22. The highest BCUT2D eigenvalue weighted by Crippen LogP contribution is 2.20. The first-order chi connectivity index (χ1) is 14.4. The molecule has 7 nitrogen and oxygen atoms in total. The van der Waals surface area contributed by atoms with E-state index in [4.69, 9.17) is 0 Å². The summed E-state index contributed by atoms with van der Waals surface area (Å²) in [5, 5.41) is 7.71. The molecule has 0 aliphatic rings. The summed E-state index contributed by atoms with van der Waals surface area (Å²) in [7, 11) is 3.88. The summed E-state index contributed by atoms with van der Waals surface area (Å²) in [6, 6.07) is 12.1. The molecule has 0 unspecified atom stereocenters. The van der Waals surface area contributed by atoms with Crippen LogP contribution in [-0.2, 0) is 11.2 Å². The molecular weight excluding hydrogens is 376 g/mol. The minimum atomic E-state index is 0.0567. The number of carbonyl (C=O) groups is 1. The minimum Gasteiger partial charge on any atom is -0.363 e. The summed E-state index contributed by atoms with van der Waals surface area (Å²) in [6.45, 7) is 6.75. The predicted octanol–water partition coefficient (Wildman–Crippen LogP) is 3.20. The van der Waals surface area contributed by atoms with Crippen molar-refractivity contribution >= 4 is 11.7 Å². The van der Waals surface area contributed by atoms with E-state index in [0.717, 1.165) is 28.6 Å². The third kappa shape index (κ3) is 5.03. The lowest BCUT2D eigenvalue weighted by atomic mass is 10.0. The summed E-state index contributed by atoms with van der Waals surface area (Å²) in [6.07, 6.45) is 2.62. The number of anilines is 1. The Bertz CT molecular complexity index is 996. The summed E-state index contributed by atoms with van der Waals surface area (Å²) in [4.78, 5) is 23.0. The summed E-state index contributed by atoms with van der Waals surface area (Å²) in [5.41, 5.74) is 4.24. The predicted molar refractivity (Wildman–Crippen MR) is 119 cm³/mol. The number of rotatable bonds is 8. The maximum Gasteiger partial charge on any atom is 0.220 e. The lowest BCUT2D eigenvalue weighted by Crippen LogP contribution is -2.27. The van der Waals surface area contributed by atoms with Crippen molar-refractivity contribution in [1.29, 1.82) is 0 Å². The molecule has 7 heteroatoms. The molecule has 2 heterocycles. The number of aryl methyl sites for hydroxylation is 1. The lowest BCUT2D eigenvalue weighted by Gasteiger charge is -2.13. The van der Waals surface area contributed by atoms with Crippen molar-refractivity contribution in [3.05, 3.63) is 65.2 Å². The zero-order valence-electron chi connectivity index (χ0n) is 18.4. The van der Waals surface area contributed by atoms with Gasteiger partial charge in [-0.25, -0.2) is 14.6 Å². The molecular formula is C23H30N6O. The quantitative estimate of drug-likeness (QED) is 0.622. The molecule has 1 aromatic carbocycles. The van der Waals surface area contributed by atoms with Crippen molar-refractivity contribution in [2.45, 2.75) is 39.5 Å². The van der Waals surface area contributed by atoms with Crippen LogP contribution in [0.5, 0.6) is 0 Å². The first-order valence-corrected chi connectivity index (χ1v) is 10.2. The fourth-order valence-electron chi connectivity index (χ4n) is 3.45. The second-order valence-electron chi connectivity index (χ2n) is 7.81. The largest absolute Gasteiger partial charge is 0.363 e. The van der Waals surface area contributed by atoms with Gasteiger partial charge in [0.15, 0.2) is 5.82 Å². The lowest BCUT2D eigenvalue weighted by molar-refractivity contribution is -0.121. The van der Waals surface area contributed by atoms with Gasteiger partial charge in [0.25, 0.3) is 0 Å².